The fraction of sp³-hybridized carbons (Fsp3) is 0.250. The van der Waals surface area contributed by atoms with E-state index in [9.17, 15) is 5.11 Å². The second kappa shape index (κ2) is 3.15. The summed E-state index contributed by atoms with van der Waals surface area (Å²) in [5.41, 5.74) is 0.700. The average molecular weight is 186 g/mol. The van der Waals surface area contributed by atoms with Gasteiger partial charge in [-0.3, -0.25) is 0 Å². The third-order valence-corrected chi connectivity index (χ3v) is 2.19. The lowest BCUT2D eigenvalue weighted by Crippen LogP contribution is -1.84. The molecule has 0 amide bonds. The molecule has 0 atom stereocenters. The van der Waals surface area contributed by atoms with E-state index in [4.69, 9.17) is 10.2 Å². The number of aryl methyl sites for hydroxylation is 1. The summed E-state index contributed by atoms with van der Waals surface area (Å²) in [5, 5.41) is 27.4. The normalized spacial score (nSPS) is 10.2. The van der Waals surface area contributed by atoms with Crippen LogP contribution in [0.1, 0.15) is 12.5 Å². The molecule has 0 aliphatic rings. The molecular formula is C8H10O3S. The Morgan fingerprint density at radius 2 is 1.83 bits per heavy atom. The largest absolute Gasteiger partial charge is 0.504 e. The number of aromatic hydroxyl groups is 3. The van der Waals surface area contributed by atoms with Gasteiger partial charge in [0.05, 0.1) is 4.90 Å². The molecular weight excluding hydrogens is 176 g/mol. The number of hydrogen-bond acceptors (Lipinski definition) is 4. The van der Waals surface area contributed by atoms with Gasteiger partial charge in [-0.05, 0) is 18.1 Å². The van der Waals surface area contributed by atoms with E-state index in [-0.39, 0.29) is 11.5 Å². The summed E-state index contributed by atoms with van der Waals surface area (Å²) in [6.45, 7) is 1.87. The number of phenols is 3. The van der Waals surface area contributed by atoms with Crippen LogP contribution in [0.2, 0.25) is 0 Å². The van der Waals surface area contributed by atoms with Crippen LogP contribution in [0.4, 0.5) is 0 Å². The summed E-state index contributed by atoms with van der Waals surface area (Å²) in [4.78, 5) is 0.313. The molecule has 0 aliphatic carbocycles. The number of thiol groups is 1. The van der Waals surface area contributed by atoms with Crippen LogP contribution >= 0.6 is 12.6 Å². The highest BCUT2D eigenvalue weighted by molar-refractivity contribution is 7.80. The lowest BCUT2D eigenvalue weighted by atomic mass is 10.1. The molecule has 0 aromatic heterocycles. The van der Waals surface area contributed by atoms with Crippen molar-refractivity contribution in [1.82, 2.24) is 0 Å². The van der Waals surface area contributed by atoms with Crippen LogP contribution in [-0.2, 0) is 6.42 Å². The molecule has 0 spiro atoms. The molecule has 1 rings (SSSR count). The van der Waals surface area contributed by atoms with Gasteiger partial charge in [0.1, 0.15) is 0 Å². The maximum absolute atomic E-state index is 9.21. The van der Waals surface area contributed by atoms with Crippen molar-refractivity contribution in [3.63, 3.8) is 0 Å². The smallest absolute Gasteiger partial charge is 0.201 e. The molecule has 3 N–H and O–H groups in total. The Kier molecular flexibility index (Phi) is 2.38. The summed E-state index contributed by atoms with van der Waals surface area (Å²) in [6, 6.07) is 1.39. The summed E-state index contributed by atoms with van der Waals surface area (Å²) in [7, 11) is 0. The summed E-state index contributed by atoms with van der Waals surface area (Å²) < 4.78 is 0. The van der Waals surface area contributed by atoms with Gasteiger partial charge in [0.15, 0.2) is 11.5 Å². The van der Waals surface area contributed by atoms with Crippen molar-refractivity contribution in [1.29, 1.82) is 0 Å². The van der Waals surface area contributed by atoms with E-state index in [0.717, 1.165) is 0 Å². The second-order valence-corrected chi connectivity index (χ2v) is 2.90. The molecule has 0 radical (unpaired) electrons. The van der Waals surface area contributed by atoms with Crippen LogP contribution in [-0.4, -0.2) is 15.3 Å². The monoisotopic (exact) mass is 186 g/mol. The molecule has 0 heterocycles. The van der Waals surface area contributed by atoms with Crippen LogP contribution < -0.4 is 0 Å². The summed E-state index contributed by atoms with van der Waals surface area (Å²) in [6.07, 6.45) is 0.639. The third-order valence-electron chi connectivity index (χ3n) is 1.69. The molecule has 4 heteroatoms. The minimum atomic E-state index is -0.516. The molecule has 0 saturated carbocycles. The van der Waals surface area contributed by atoms with Crippen LogP contribution in [0, 0.1) is 0 Å². The lowest BCUT2D eigenvalue weighted by Gasteiger charge is -2.07. The molecule has 1 aromatic rings. The minimum absolute atomic E-state index is 0.313. The van der Waals surface area contributed by atoms with Gasteiger partial charge in [0.2, 0.25) is 5.75 Å². The van der Waals surface area contributed by atoms with E-state index in [1.807, 2.05) is 6.92 Å². The number of hydrogen-bond donors (Lipinski definition) is 4. The second-order valence-electron chi connectivity index (χ2n) is 2.45. The molecule has 1 aromatic carbocycles. The fourth-order valence-electron chi connectivity index (χ4n) is 0.957. The minimum Gasteiger partial charge on any atom is -0.504 e. The predicted octanol–water partition coefficient (Wildman–Crippen LogP) is 1.65. The molecule has 3 nitrogen and oxygen atoms in total. The number of phenolic OH excluding ortho intramolecular Hbond substituents is 3. The van der Waals surface area contributed by atoms with Crippen molar-refractivity contribution in [2.45, 2.75) is 18.2 Å². The summed E-state index contributed by atoms with van der Waals surface area (Å²) in [5.74, 6) is -1.20. The molecule has 0 bridgehead atoms. The predicted molar refractivity (Wildman–Crippen MR) is 48.1 cm³/mol. The number of rotatable bonds is 1. The van der Waals surface area contributed by atoms with Crippen molar-refractivity contribution in [2.24, 2.45) is 0 Å². The van der Waals surface area contributed by atoms with Gasteiger partial charge in [-0.15, -0.1) is 12.6 Å². The fourth-order valence-corrected chi connectivity index (χ4v) is 1.29. The molecule has 0 aliphatic heterocycles. The Labute approximate surface area is 75.7 Å². The van der Waals surface area contributed by atoms with Crippen molar-refractivity contribution in [3.05, 3.63) is 11.6 Å². The van der Waals surface area contributed by atoms with Crippen molar-refractivity contribution >= 4 is 12.6 Å². The van der Waals surface area contributed by atoms with Gasteiger partial charge in [-0.1, -0.05) is 6.92 Å². The first-order valence-corrected chi connectivity index (χ1v) is 3.98. The van der Waals surface area contributed by atoms with E-state index in [1.54, 1.807) is 0 Å². The van der Waals surface area contributed by atoms with E-state index in [1.165, 1.54) is 6.07 Å². The Morgan fingerprint density at radius 3 is 2.33 bits per heavy atom. The average Bonchev–Trinajstić information content (AvgIpc) is 2.08. The highest BCUT2D eigenvalue weighted by Crippen LogP contribution is 2.41. The van der Waals surface area contributed by atoms with Gasteiger partial charge >= 0.3 is 0 Å². The van der Waals surface area contributed by atoms with Gasteiger partial charge < -0.3 is 15.3 Å². The standard InChI is InChI=1S/C8H10O3S/c1-2-4-3-5(9)6(10)7(11)8(4)12/h3,9-12H,2H2,1H3. The zero-order valence-electron chi connectivity index (χ0n) is 6.57. The van der Waals surface area contributed by atoms with Crippen LogP contribution in [0.5, 0.6) is 17.2 Å². The Balaban J connectivity index is 3.39. The maximum atomic E-state index is 9.21. The number of benzene rings is 1. The van der Waals surface area contributed by atoms with Crippen LogP contribution in [0.3, 0.4) is 0 Å². The summed E-state index contributed by atoms with van der Waals surface area (Å²) >= 11 is 3.99. The van der Waals surface area contributed by atoms with Crippen LogP contribution in [0.15, 0.2) is 11.0 Å². The highest BCUT2D eigenvalue weighted by Gasteiger charge is 2.12. The Hall–Kier alpha value is -1.03. The molecule has 0 fully saturated rings. The van der Waals surface area contributed by atoms with Gasteiger partial charge in [-0.25, -0.2) is 0 Å². The highest BCUT2D eigenvalue weighted by atomic mass is 32.1. The van der Waals surface area contributed by atoms with Gasteiger partial charge in [0, 0.05) is 0 Å². The van der Waals surface area contributed by atoms with E-state index >= 15 is 0 Å². The third kappa shape index (κ3) is 1.30. The lowest BCUT2D eigenvalue weighted by molar-refractivity contribution is 0.360. The zero-order chi connectivity index (χ0) is 9.30. The van der Waals surface area contributed by atoms with Gasteiger partial charge in [0.25, 0.3) is 0 Å². The Bertz CT molecular complexity index is 310. The van der Waals surface area contributed by atoms with Crippen molar-refractivity contribution in [2.75, 3.05) is 0 Å². The topological polar surface area (TPSA) is 60.7 Å². The molecule has 12 heavy (non-hydrogen) atoms. The molecule has 0 unspecified atom stereocenters. The first-order valence-electron chi connectivity index (χ1n) is 3.53. The molecule has 0 saturated heterocycles. The Morgan fingerprint density at radius 1 is 1.25 bits per heavy atom. The van der Waals surface area contributed by atoms with E-state index < -0.39 is 5.75 Å². The maximum Gasteiger partial charge on any atom is 0.201 e. The van der Waals surface area contributed by atoms with Crippen LogP contribution in [0.25, 0.3) is 0 Å². The first-order chi connectivity index (χ1) is 5.57. The van der Waals surface area contributed by atoms with Crippen molar-refractivity contribution < 1.29 is 15.3 Å². The molecule has 66 valence electrons. The van der Waals surface area contributed by atoms with Gasteiger partial charge in [-0.2, -0.15) is 0 Å². The van der Waals surface area contributed by atoms with E-state index in [0.29, 0.717) is 16.9 Å². The van der Waals surface area contributed by atoms with E-state index in [2.05, 4.69) is 12.6 Å². The first kappa shape index (κ1) is 9.06. The van der Waals surface area contributed by atoms with Crippen molar-refractivity contribution in [3.8, 4) is 17.2 Å². The quantitative estimate of drug-likeness (QED) is 0.398. The zero-order valence-corrected chi connectivity index (χ0v) is 7.47. The SMILES string of the molecule is CCc1cc(O)c(O)c(O)c1S.